The van der Waals surface area contributed by atoms with Gasteiger partial charge < -0.3 is 6.15 Å². The highest BCUT2D eigenvalue weighted by atomic mass is 14.3. The van der Waals surface area contributed by atoms with Gasteiger partial charge in [-0.15, -0.1) is 0 Å². The second-order valence-corrected chi connectivity index (χ2v) is 2.77. The molecule has 0 unspecified atom stereocenters. The van der Waals surface area contributed by atoms with Gasteiger partial charge in [0, 0.05) is 10.4 Å². The van der Waals surface area contributed by atoms with Crippen LogP contribution in [-0.4, -0.2) is 0 Å². The van der Waals surface area contributed by atoms with Gasteiger partial charge >= 0.3 is 0 Å². The summed E-state index contributed by atoms with van der Waals surface area (Å²) in [6, 6.07) is 13.2. The second-order valence-electron chi connectivity index (χ2n) is 2.77. The largest absolute Gasteiger partial charge is 0.344 e. The molecule has 0 aliphatic carbocycles. The summed E-state index contributed by atoms with van der Waals surface area (Å²) in [4.78, 5) is 0. The van der Waals surface area contributed by atoms with E-state index < -0.39 is 0 Å². The van der Waals surface area contributed by atoms with E-state index in [9.17, 15) is 0 Å². The molecule has 5 nitrogen and oxygen atoms in total. The van der Waals surface area contributed by atoms with Gasteiger partial charge in [-0.2, -0.15) is 21.0 Å². The van der Waals surface area contributed by atoms with Crippen molar-refractivity contribution < 1.29 is 0 Å². The highest BCUT2D eigenvalue weighted by molar-refractivity contribution is 5.74. The molecule has 17 heavy (non-hydrogen) atoms. The van der Waals surface area contributed by atoms with Gasteiger partial charge in [-0.1, -0.05) is 24.3 Å². The SMILES string of the molecule is N.N#CC(C#N)=c1ccc(=C(C#N)C#N)cc1. The topological polar surface area (TPSA) is 130 Å². The zero-order chi connectivity index (χ0) is 12.0. The first-order valence-electron chi connectivity index (χ1n) is 4.22. The Hall–Kier alpha value is -3.12. The molecule has 0 radical (unpaired) electrons. The highest BCUT2D eigenvalue weighted by Crippen LogP contribution is 1.88. The Labute approximate surface area is 97.9 Å². The molecule has 0 aliphatic heterocycles. The minimum absolute atomic E-state index is 0. The van der Waals surface area contributed by atoms with Gasteiger partial charge in [0.15, 0.2) is 0 Å². The predicted octanol–water partition coefficient (Wildman–Crippen LogP) is 0.244. The molecule has 5 heteroatoms. The van der Waals surface area contributed by atoms with E-state index in [0.717, 1.165) is 0 Å². The Morgan fingerprint density at radius 1 is 0.647 bits per heavy atom. The van der Waals surface area contributed by atoms with E-state index in [-0.39, 0.29) is 17.3 Å². The van der Waals surface area contributed by atoms with Crippen molar-refractivity contribution in [2.45, 2.75) is 0 Å². The van der Waals surface area contributed by atoms with E-state index in [2.05, 4.69) is 0 Å². The fourth-order valence-corrected chi connectivity index (χ4v) is 1.11. The minimum atomic E-state index is 0. The summed E-state index contributed by atoms with van der Waals surface area (Å²) >= 11 is 0. The molecule has 1 rings (SSSR count). The third-order valence-corrected chi connectivity index (χ3v) is 1.91. The molecule has 3 N–H and O–H groups in total. The van der Waals surface area contributed by atoms with Gasteiger partial charge in [-0.05, 0) is 0 Å². The summed E-state index contributed by atoms with van der Waals surface area (Å²) < 4.78 is 0. The van der Waals surface area contributed by atoms with Crippen LogP contribution in [0.5, 0.6) is 0 Å². The van der Waals surface area contributed by atoms with E-state index in [1.165, 1.54) is 24.3 Å². The van der Waals surface area contributed by atoms with Crippen LogP contribution in [-0.2, 0) is 0 Å². The van der Waals surface area contributed by atoms with Crippen molar-refractivity contribution in [3.63, 3.8) is 0 Å². The van der Waals surface area contributed by atoms with E-state index in [0.29, 0.717) is 10.4 Å². The molecule has 80 valence electrons. The summed E-state index contributed by atoms with van der Waals surface area (Å²) in [5.74, 6) is 0. The van der Waals surface area contributed by atoms with Crippen LogP contribution in [0, 0.1) is 45.3 Å². The lowest BCUT2D eigenvalue weighted by Crippen LogP contribution is -2.11. The molecule has 0 heterocycles. The number of rotatable bonds is 0. The fourth-order valence-electron chi connectivity index (χ4n) is 1.11. The number of benzene rings is 1. The van der Waals surface area contributed by atoms with Crippen molar-refractivity contribution in [3.8, 4) is 24.3 Å². The molecular formula is C12H7N5. The number of hydrogen-bond donors (Lipinski definition) is 1. The number of nitriles is 4. The maximum Gasteiger partial charge on any atom is 0.136 e. The highest BCUT2D eigenvalue weighted by Gasteiger charge is 1.95. The van der Waals surface area contributed by atoms with E-state index in [1.807, 2.05) is 0 Å². The van der Waals surface area contributed by atoms with Crippen LogP contribution >= 0.6 is 0 Å². The lowest BCUT2D eigenvalue weighted by molar-refractivity contribution is 1.46. The maximum absolute atomic E-state index is 8.63. The van der Waals surface area contributed by atoms with Crippen molar-refractivity contribution in [2.24, 2.45) is 0 Å². The lowest BCUT2D eigenvalue weighted by Gasteiger charge is -1.88. The van der Waals surface area contributed by atoms with E-state index >= 15 is 0 Å². The fraction of sp³-hybridized carbons (Fsp3) is 0. The van der Waals surface area contributed by atoms with Gasteiger partial charge in [-0.25, -0.2) is 0 Å². The standard InChI is InChI=1S/C12H4N4.H3N/c13-5-11(6-14)9-1-2-10(4-3-9)12(7-15)8-16;/h1-4H;1H3. The Bertz CT molecular complexity index is 583. The first-order valence-corrected chi connectivity index (χ1v) is 4.22. The molecule has 0 aromatic heterocycles. The van der Waals surface area contributed by atoms with Gasteiger partial charge in [0.1, 0.15) is 35.4 Å². The molecule has 0 spiro atoms. The summed E-state index contributed by atoms with van der Waals surface area (Å²) in [5, 5.41) is 35.5. The summed E-state index contributed by atoms with van der Waals surface area (Å²) in [7, 11) is 0. The van der Waals surface area contributed by atoms with E-state index in [1.54, 1.807) is 24.3 Å². The van der Waals surface area contributed by atoms with Crippen molar-refractivity contribution >= 4 is 11.1 Å². The summed E-state index contributed by atoms with van der Waals surface area (Å²) in [6.45, 7) is 0. The Kier molecular flexibility index (Phi) is 5.21. The Morgan fingerprint density at radius 3 is 1.06 bits per heavy atom. The molecule has 0 fully saturated rings. The summed E-state index contributed by atoms with van der Waals surface area (Å²) in [6.07, 6.45) is 0. The smallest absolute Gasteiger partial charge is 0.136 e. The number of hydrogen-bond acceptors (Lipinski definition) is 5. The molecule has 1 aromatic rings. The normalized spacial score (nSPS) is 7.29. The van der Waals surface area contributed by atoms with E-state index in [4.69, 9.17) is 21.0 Å². The predicted molar refractivity (Wildman–Crippen MR) is 60.0 cm³/mol. The monoisotopic (exact) mass is 221 g/mol. The lowest BCUT2D eigenvalue weighted by atomic mass is 10.1. The first-order chi connectivity index (χ1) is 7.76. The molecule has 0 amide bonds. The third-order valence-electron chi connectivity index (χ3n) is 1.91. The quantitative estimate of drug-likeness (QED) is 0.670. The molecule has 0 aliphatic rings. The first kappa shape index (κ1) is 13.9. The zero-order valence-corrected chi connectivity index (χ0v) is 8.81. The average Bonchev–Trinajstić information content (AvgIpc) is 2.34. The number of nitrogens with zero attached hydrogens (tertiary/aromatic N) is 4. The van der Waals surface area contributed by atoms with Crippen molar-refractivity contribution in [1.29, 1.82) is 21.0 Å². The molecule has 0 saturated heterocycles. The Balaban J connectivity index is 0.00000256. The zero-order valence-electron chi connectivity index (χ0n) is 8.81. The molecule has 1 aromatic carbocycles. The van der Waals surface area contributed by atoms with Crippen molar-refractivity contribution in [3.05, 3.63) is 34.7 Å². The molecule has 0 bridgehead atoms. The van der Waals surface area contributed by atoms with Gasteiger partial charge in [0.2, 0.25) is 0 Å². The average molecular weight is 221 g/mol. The van der Waals surface area contributed by atoms with Crippen LogP contribution in [0.15, 0.2) is 24.3 Å². The van der Waals surface area contributed by atoms with Crippen LogP contribution in [0.3, 0.4) is 0 Å². The second kappa shape index (κ2) is 6.38. The van der Waals surface area contributed by atoms with Crippen molar-refractivity contribution in [1.82, 2.24) is 6.15 Å². The summed E-state index contributed by atoms with van der Waals surface area (Å²) in [5.41, 5.74) is 0.00373. The van der Waals surface area contributed by atoms with Crippen LogP contribution in [0.1, 0.15) is 0 Å². The third kappa shape index (κ3) is 2.91. The van der Waals surface area contributed by atoms with Crippen LogP contribution in [0.2, 0.25) is 0 Å². The maximum atomic E-state index is 8.63. The van der Waals surface area contributed by atoms with Crippen LogP contribution in [0.4, 0.5) is 0 Å². The van der Waals surface area contributed by atoms with Gasteiger partial charge in [0.05, 0.1) is 0 Å². The molecule has 0 atom stereocenters. The van der Waals surface area contributed by atoms with Gasteiger partial charge in [-0.3, -0.25) is 0 Å². The van der Waals surface area contributed by atoms with Crippen LogP contribution in [0.25, 0.3) is 11.1 Å². The van der Waals surface area contributed by atoms with Crippen molar-refractivity contribution in [2.75, 3.05) is 0 Å². The Morgan fingerprint density at radius 2 is 0.882 bits per heavy atom. The van der Waals surface area contributed by atoms with Gasteiger partial charge in [0.25, 0.3) is 0 Å². The van der Waals surface area contributed by atoms with Crippen LogP contribution < -0.4 is 16.6 Å². The minimum Gasteiger partial charge on any atom is -0.344 e. The molecular weight excluding hydrogens is 214 g/mol. The molecule has 0 saturated carbocycles.